The van der Waals surface area contributed by atoms with Crippen molar-refractivity contribution in [3.8, 4) is 5.75 Å². The number of benzene rings is 3. The molecule has 0 radical (unpaired) electrons. The lowest BCUT2D eigenvalue weighted by Gasteiger charge is -2.31. The van der Waals surface area contributed by atoms with E-state index in [0.29, 0.717) is 21.7 Å². The molecule has 8 heteroatoms. The summed E-state index contributed by atoms with van der Waals surface area (Å²) in [6, 6.07) is 21.7. The highest BCUT2D eigenvalue weighted by Crippen LogP contribution is 2.28. The number of amides is 2. The van der Waals surface area contributed by atoms with Gasteiger partial charge in [0.05, 0.1) is 4.47 Å². The SMILES string of the molecule is CNC(=O)[C@H](Cc1ccccc1)N(Cc1ccc(Br)cc1)C(=O)COc1ccc(Cl)cc1Br. The van der Waals surface area contributed by atoms with E-state index in [1.54, 1.807) is 30.1 Å². The third kappa shape index (κ3) is 7.32. The topological polar surface area (TPSA) is 58.6 Å². The van der Waals surface area contributed by atoms with Crippen LogP contribution < -0.4 is 10.1 Å². The second kappa shape index (κ2) is 12.2. The predicted molar refractivity (Wildman–Crippen MR) is 137 cm³/mol. The van der Waals surface area contributed by atoms with Gasteiger partial charge >= 0.3 is 0 Å². The number of halogens is 3. The number of likely N-dealkylation sites (N-methyl/N-ethyl adjacent to an activating group) is 1. The van der Waals surface area contributed by atoms with Crippen molar-refractivity contribution in [2.75, 3.05) is 13.7 Å². The van der Waals surface area contributed by atoms with Gasteiger partial charge in [0.2, 0.25) is 5.91 Å². The molecule has 0 saturated heterocycles. The highest BCUT2D eigenvalue weighted by atomic mass is 79.9. The lowest BCUT2D eigenvalue weighted by atomic mass is 10.0. The normalized spacial score (nSPS) is 11.5. The molecule has 172 valence electrons. The number of hydrogen-bond acceptors (Lipinski definition) is 3. The number of nitrogens with one attached hydrogen (secondary N) is 1. The molecule has 0 unspecified atom stereocenters. The van der Waals surface area contributed by atoms with Crippen LogP contribution >= 0.6 is 43.5 Å². The van der Waals surface area contributed by atoms with E-state index in [1.165, 1.54) is 0 Å². The van der Waals surface area contributed by atoms with Crippen molar-refractivity contribution in [2.24, 2.45) is 0 Å². The monoisotopic (exact) mass is 592 g/mol. The fourth-order valence-electron chi connectivity index (χ4n) is 3.32. The molecule has 0 bridgehead atoms. The van der Waals surface area contributed by atoms with Gasteiger partial charge in [-0.25, -0.2) is 0 Å². The number of nitrogens with zero attached hydrogens (tertiary/aromatic N) is 1. The van der Waals surface area contributed by atoms with E-state index in [0.717, 1.165) is 15.6 Å². The van der Waals surface area contributed by atoms with Crippen LogP contribution in [0.2, 0.25) is 5.02 Å². The molecule has 0 aliphatic rings. The van der Waals surface area contributed by atoms with E-state index in [2.05, 4.69) is 37.2 Å². The van der Waals surface area contributed by atoms with Crippen LogP contribution in [-0.4, -0.2) is 36.4 Å². The van der Waals surface area contributed by atoms with Crippen molar-refractivity contribution < 1.29 is 14.3 Å². The third-order valence-electron chi connectivity index (χ3n) is 5.03. The summed E-state index contributed by atoms with van der Waals surface area (Å²) in [6.45, 7) is 0.0429. The van der Waals surface area contributed by atoms with Gasteiger partial charge in [-0.1, -0.05) is 70.0 Å². The Hall–Kier alpha value is -2.35. The first-order valence-electron chi connectivity index (χ1n) is 10.2. The maximum absolute atomic E-state index is 13.4. The van der Waals surface area contributed by atoms with Crippen molar-refractivity contribution in [2.45, 2.75) is 19.0 Å². The predicted octanol–water partition coefficient (Wildman–Crippen LogP) is 5.63. The van der Waals surface area contributed by atoms with Crippen LogP contribution in [0, 0.1) is 0 Å². The van der Waals surface area contributed by atoms with Crippen molar-refractivity contribution in [1.82, 2.24) is 10.2 Å². The summed E-state index contributed by atoms with van der Waals surface area (Å²) >= 11 is 12.8. The fraction of sp³-hybridized carbons (Fsp3) is 0.200. The van der Waals surface area contributed by atoms with Crippen LogP contribution in [0.4, 0.5) is 0 Å². The highest BCUT2D eigenvalue weighted by Gasteiger charge is 2.30. The van der Waals surface area contributed by atoms with Crippen LogP contribution in [-0.2, 0) is 22.6 Å². The van der Waals surface area contributed by atoms with Crippen LogP contribution in [0.15, 0.2) is 81.7 Å². The van der Waals surface area contributed by atoms with Gasteiger partial charge in [0, 0.05) is 29.5 Å². The van der Waals surface area contributed by atoms with Gasteiger partial charge in [0.25, 0.3) is 5.91 Å². The van der Waals surface area contributed by atoms with Crippen molar-refractivity contribution >= 4 is 55.3 Å². The molecule has 0 spiro atoms. The van der Waals surface area contributed by atoms with E-state index in [1.807, 2.05) is 54.6 Å². The number of hydrogen-bond donors (Lipinski definition) is 1. The summed E-state index contributed by atoms with van der Waals surface area (Å²) in [5.74, 6) is -0.0443. The molecule has 2 amide bonds. The summed E-state index contributed by atoms with van der Waals surface area (Å²) in [4.78, 5) is 27.9. The Morgan fingerprint density at radius 1 is 1.00 bits per heavy atom. The third-order valence-corrected chi connectivity index (χ3v) is 6.41. The second-order valence-corrected chi connectivity index (χ2v) is 9.54. The molecule has 3 rings (SSSR count). The van der Waals surface area contributed by atoms with E-state index in [-0.39, 0.29) is 25.0 Å². The first kappa shape index (κ1) is 25.3. The molecule has 0 aromatic heterocycles. The molecule has 5 nitrogen and oxygen atoms in total. The van der Waals surface area contributed by atoms with Gasteiger partial charge in [-0.3, -0.25) is 9.59 Å². The molecule has 0 saturated carbocycles. The molecular formula is C25H23Br2ClN2O3. The Bertz CT molecular complexity index is 1090. The fourth-order valence-corrected chi connectivity index (χ4v) is 4.38. The number of carbonyl (C=O) groups excluding carboxylic acids is 2. The van der Waals surface area contributed by atoms with Gasteiger partial charge in [0.1, 0.15) is 11.8 Å². The van der Waals surface area contributed by atoms with Crippen LogP contribution in [0.3, 0.4) is 0 Å². The number of rotatable bonds is 9. The van der Waals surface area contributed by atoms with Gasteiger partial charge < -0.3 is 15.0 Å². The largest absolute Gasteiger partial charge is 0.483 e. The number of carbonyl (C=O) groups is 2. The minimum Gasteiger partial charge on any atom is -0.483 e. The van der Waals surface area contributed by atoms with Gasteiger partial charge in [0.15, 0.2) is 6.61 Å². The Morgan fingerprint density at radius 2 is 1.70 bits per heavy atom. The summed E-state index contributed by atoms with van der Waals surface area (Å²) in [7, 11) is 1.57. The Balaban J connectivity index is 1.87. The summed E-state index contributed by atoms with van der Waals surface area (Å²) in [6.07, 6.45) is 0.382. The maximum atomic E-state index is 13.4. The zero-order valence-electron chi connectivity index (χ0n) is 17.9. The summed E-state index contributed by atoms with van der Waals surface area (Å²) in [5, 5.41) is 3.26. The Morgan fingerprint density at radius 3 is 2.33 bits per heavy atom. The number of ether oxygens (including phenoxy) is 1. The smallest absolute Gasteiger partial charge is 0.261 e. The van der Waals surface area contributed by atoms with Crippen molar-refractivity contribution in [1.29, 1.82) is 0 Å². The molecule has 1 N–H and O–H groups in total. The van der Waals surface area contributed by atoms with E-state index in [4.69, 9.17) is 16.3 Å². The molecular weight excluding hydrogens is 572 g/mol. The lowest BCUT2D eigenvalue weighted by Crippen LogP contribution is -2.51. The Kier molecular flexibility index (Phi) is 9.35. The molecule has 0 fully saturated rings. The minimum atomic E-state index is -0.703. The van der Waals surface area contributed by atoms with E-state index >= 15 is 0 Å². The van der Waals surface area contributed by atoms with Gasteiger partial charge in [-0.15, -0.1) is 0 Å². The maximum Gasteiger partial charge on any atom is 0.261 e. The molecule has 3 aromatic carbocycles. The molecule has 0 aliphatic carbocycles. The van der Waals surface area contributed by atoms with Gasteiger partial charge in [-0.05, 0) is 57.4 Å². The average molecular weight is 595 g/mol. The first-order valence-corrected chi connectivity index (χ1v) is 12.2. The zero-order chi connectivity index (χ0) is 23.8. The van der Waals surface area contributed by atoms with E-state index < -0.39 is 6.04 Å². The zero-order valence-corrected chi connectivity index (χ0v) is 21.9. The minimum absolute atomic E-state index is 0.223. The lowest BCUT2D eigenvalue weighted by molar-refractivity contribution is -0.142. The standard InChI is InChI=1S/C25H23Br2ClN2O3/c1-29-25(32)22(13-17-5-3-2-4-6-17)30(15-18-7-9-19(26)10-8-18)24(31)16-33-23-12-11-20(28)14-21(23)27/h2-12,14,22H,13,15-16H2,1H3,(H,29,32)/t22-/m0/s1. The molecule has 0 heterocycles. The summed E-state index contributed by atoms with van der Waals surface area (Å²) < 4.78 is 7.35. The van der Waals surface area contributed by atoms with Crippen LogP contribution in [0.25, 0.3) is 0 Å². The van der Waals surface area contributed by atoms with Crippen LogP contribution in [0.1, 0.15) is 11.1 Å². The van der Waals surface area contributed by atoms with Gasteiger partial charge in [-0.2, -0.15) is 0 Å². The average Bonchev–Trinajstić information content (AvgIpc) is 2.82. The molecule has 0 aliphatic heterocycles. The Labute approximate surface area is 215 Å². The van der Waals surface area contributed by atoms with E-state index in [9.17, 15) is 9.59 Å². The second-order valence-electron chi connectivity index (χ2n) is 7.33. The molecule has 1 atom stereocenters. The highest BCUT2D eigenvalue weighted by molar-refractivity contribution is 9.10. The molecule has 33 heavy (non-hydrogen) atoms. The van der Waals surface area contributed by atoms with Crippen molar-refractivity contribution in [3.63, 3.8) is 0 Å². The van der Waals surface area contributed by atoms with Crippen molar-refractivity contribution in [3.05, 3.63) is 97.9 Å². The quantitative estimate of drug-likeness (QED) is 0.350. The molecule has 3 aromatic rings. The first-order chi connectivity index (χ1) is 15.9. The van der Waals surface area contributed by atoms with Crippen LogP contribution in [0.5, 0.6) is 5.75 Å². The summed E-state index contributed by atoms with van der Waals surface area (Å²) in [5.41, 5.74) is 1.86.